The van der Waals surface area contributed by atoms with E-state index in [4.69, 9.17) is 4.42 Å². The lowest BCUT2D eigenvalue weighted by Gasteiger charge is -2.17. The molecule has 0 atom stereocenters. The normalized spacial score (nSPS) is 12.2. The molecule has 0 radical (unpaired) electrons. The van der Waals surface area contributed by atoms with E-state index in [1.165, 1.54) is 92.5 Å². The Morgan fingerprint density at radius 3 is 1.40 bits per heavy atom. The molecule has 1 heterocycles. The Labute approximate surface area is 305 Å². The summed E-state index contributed by atoms with van der Waals surface area (Å²) >= 11 is 0. The minimum Gasteiger partial charge on any atom is -0.456 e. The Balaban J connectivity index is 1.05. The van der Waals surface area contributed by atoms with Gasteiger partial charge in [-0.25, -0.2) is 0 Å². The van der Waals surface area contributed by atoms with E-state index in [9.17, 15) is 0 Å². The number of furan rings is 1. The number of rotatable bonds is 3. The molecule has 12 rings (SSSR count). The highest BCUT2D eigenvalue weighted by atomic mass is 16.3. The lowest BCUT2D eigenvalue weighted by atomic mass is 9.87. The monoisotopic (exact) mass is 670 g/mol. The molecular formula is C52H30O. The van der Waals surface area contributed by atoms with Crippen molar-refractivity contribution in [3.05, 3.63) is 182 Å². The maximum absolute atomic E-state index is 6.72. The maximum Gasteiger partial charge on any atom is 0.136 e. The van der Waals surface area contributed by atoms with Crippen LogP contribution < -0.4 is 0 Å². The third-order valence-electron chi connectivity index (χ3n) is 11.6. The Hall–Kier alpha value is -6.96. The topological polar surface area (TPSA) is 13.1 Å². The fraction of sp³-hybridized carbons (Fsp3) is 0. The number of fused-ring (bicyclic) bond motifs is 9. The van der Waals surface area contributed by atoms with Gasteiger partial charge in [-0.1, -0.05) is 152 Å². The zero-order valence-electron chi connectivity index (χ0n) is 28.7. The third kappa shape index (κ3) is 4.14. The van der Waals surface area contributed by atoms with E-state index >= 15 is 0 Å². The molecule has 0 saturated carbocycles. The maximum atomic E-state index is 6.72. The first kappa shape index (κ1) is 28.7. The van der Waals surface area contributed by atoms with Crippen molar-refractivity contribution in [2.24, 2.45) is 0 Å². The summed E-state index contributed by atoms with van der Waals surface area (Å²) in [7, 11) is 0. The number of hydrogen-bond acceptors (Lipinski definition) is 1. The molecule has 0 aliphatic rings. The quantitative estimate of drug-likeness (QED) is 0.171. The van der Waals surface area contributed by atoms with E-state index in [1.807, 2.05) is 0 Å². The third-order valence-corrected chi connectivity index (χ3v) is 11.6. The van der Waals surface area contributed by atoms with Gasteiger partial charge in [0.2, 0.25) is 0 Å². The van der Waals surface area contributed by atoms with Crippen molar-refractivity contribution >= 4 is 86.6 Å². The highest BCUT2D eigenvalue weighted by Gasteiger charge is 2.18. The zero-order chi connectivity index (χ0) is 34.6. The summed E-state index contributed by atoms with van der Waals surface area (Å²) < 4.78 is 6.72. The van der Waals surface area contributed by atoms with Gasteiger partial charge in [-0.3, -0.25) is 0 Å². The van der Waals surface area contributed by atoms with Crippen molar-refractivity contribution in [3.8, 4) is 33.4 Å². The van der Waals surface area contributed by atoms with Crippen molar-refractivity contribution in [2.75, 3.05) is 0 Å². The molecule has 1 aromatic heterocycles. The van der Waals surface area contributed by atoms with Gasteiger partial charge in [-0.2, -0.15) is 0 Å². The Morgan fingerprint density at radius 1 is 0.245 bits per heavy atom. The zero-order valence-corrected chi connectivity index (χ0v) is 28.7. The van der Waals surface area contributed by atoms with Crippen LogP contribution in [0.15, 0.2) is 186 Å². The largest absolute Gasteiger partial charge is 0.456 e. The average molecular weight is 671 g/mol. The fourth-order valence-corrected chi connectivity index (χ4v) is 9.14. The lowest BCUT2D eigenvalue weighted by Crippen LogP contribution is -1.90. The molecule has 0 bridgehead atoms. The highest BCUT2D eigenvalue weighted by Crippen LogP contribution is 2.45. The summed E-state index contributed by atoms with van der Waals surface area (Å²) in [4.78, 5) is 0. The van der Waals surface area contributed by atoms with Crippen molar-refractivity contribution in [1.29, 1.82) is 0 Å². The molecule has 12 aromatic rings. The molecule has 11 aromatic carbocycles. The van der Waals surface area contributed by atoms with Gasteiger partial charge in [0.25, 0.3) is 0 Å². The second-order valence-corrected chi connectivity index (χ2v) is 14.4. The van der Waals surface area contributed by atoms with E-state index in [0.29, 0.717) is 0 Å². The number of benzene rings is 11. The Kier molecular flexibility index (Phi) is 5.84. The van der Waals surface area contributed by atoms with Crippen LogP contribution in [0.2, 0.25) is 0 Å². The van der Waals surface area contributed by atoms with Gasteiger partial charge in [0.15, 0.2) is 0 Å². The first-order valence-corrected chi connectivity index (χ1v) is 18.3. The molecule has 0 amide bonds. The van der Waals surface area contributed by atoms with Gasteiger partial charge >= 0.3 is 0 Å². The molecule has 0 saturated heterocycles. The molecule has 244 valence electrons. The predicted molar refractivity (Wildman–Crippen MR) is 226 cm³/mol. The van der Waals surface area contributed by atoms with Crippen LogP contribution in [0.1, 0.15) is 0 Å². The number of hydrogen-bond donors (Lipinski definition) is 0. The highest BCUT2D eigenvalue weighted by molar-refractivity contribution is 6.29. The van der Waals surface area contributed by atoms with Crippen LogP contribution in [0.25, 0.3) is 120 Å². The van der Waals surface area contributed by atoms with Crippen LogP contribution in [0.5, 0.6) is 0 Å². The Morgan fingerprint density at radius 2 is 0.736 bits per heavy atom. The smallest absolute Gasteiger partial charge is 0.136 e. The van der Waals surface area contributed by atoms with Crippen molar-refractivity contribution in [2.45, 2.75) is 0 Å². The molecule has 53 heavy (non-hydrogen) atoms. The molecule has 1 nitrogen and oxygen atoms in total. The molecule has 0 fully saturated rings. The lowest BCUT2D eigenvalue weighted by molar-refractivity contribution is 0.669. The summed E-state index contributed by atoms with van der Waals surface area (Å²) in [5.41, 5.74) is 9.15. The van der Waals surface area contributed by atoms with Crippen LogP contribution in [0.4, 0.5) is 0 Å². The van der Waals surface area contributed by atoms with Gasteiger partial charge in [-0.05, 0) is 128 Å². The summed E-state index contributed by atoms with van der Waals surface area (Å²) in [6.45, 7) is 0. The average Bonchev–Trinajstić information content (AvgIpc) is 3.59. The van der Waals surface area contributed by atoms with Gasteiger partial charge in [-0.15, -0.1) is 0 Å². The van der Waals surface area contributed by atoms with Gasteiger partial charge in [0.05, 0.1) is 0 Å². The van der Waals surface area contributed by atoms with Crippen LogP contribution in [-0.4, -0.2) is 0 Å². The summed E-state index contributed by atoms with van der Waals surface area (Å²) in [5.74, 6) is 0. The minimum absolute atomic E-state index is 0.910. The van der Waals surface area contributed by atoms with Crippen LogP contribution in [0, 0.1) is 0 Å². The van der Waals surface area contributed by atoms with Crippen LogP contribution >= 0.6 is 0 Å². The summed E-state index contributed by atoms with van der Waals surface area (Å²) in [5, 5.41) is 17.6. The second-order valence-electron chi connectivity index (χ2n) is 14.4. The van der Waals surface area contributed by atoms with Gasteiger partial charge < -0.3 is 4.42 Å². The molecule has 0 spiro atoms. The SMILES string of the molecule is c1ccc(-c2cccc(-c3ccc4ccc5c(-c6ccc7c(c6)oc6cc8c9ccccc9c9ccccc9c8cc67)ccc6ccc3c4c65)c2)cc1. The van der Waals surface area contributed by atoms with Gasteiger partial charge in [0, 0.05) is 10.8 Å². The molecule has 0 aliphatic heterocycles. The summed E-state index contributed by atoms with van der Waals surface area (Å²) in [6.07, 6.45) is 0. The van der Waals surface area contributed by atoms with Gasteiger partial charge in [0.1, 0.15) is 11.2 Å². The molecule has 0 N–H and O–H groups in total. The first-order valence-electron chi connectivity index (χ1n) is 18.3. The molecule has 1 heteroatoms. The van der Waals surface area contributed by atoms with Crippen molar-refractivity contribution in [1.82, 2.24) is 0 Å². The van der Waals surface area contributed by atoms with Crippen molar-refractivity contribution in [3.63, 3.8) is 0 Å². The van der Waals surface area contributed by atoms with E-state index < -0.39 is 0 Å². The standard InChI is InChI=1S/C52H30O/c1-2-9-31(10-3-1)34-11-8-12-35(27-34)37-22-17-32-20-26-45-38(23-18-33-19-25-44(37)51(32)52(33)45)36-21-24-43-48-29-46-41-15-6-4-13-39(41)40-14-5-7-16-42(40)47(46)30-50(48)53-49(43)28-36/h1-30H. The second kappa shape index (κ2) is 10.8. The minimum atomic E-state index is 0.910. The van der Waals surface area contributed by atoms with E-state index in [2.05, 4.69) is 182 Å². The Bertz CT molecular complexity index is 3440. The van der Waals surface area contributed by atoms with E-state index in [1.54, 1.807) is 0 Å². The summed E-state index contributed by atoms with van der Waals surface area (Å²) in [6, 6.07) is 66.7. The fourth-order valence-electron chi connectivity index (χ4n) is 9.14. The molecule has 0 aliphatic carbocycles. The van der Waals surface area contributed by atoms with Crippen LogP contribution in [0.3, 0.4) is 0 Å². The predicted octanol–water partition coefficient (Wildman–Crippen LogP) is 14.9. The van der Waals surface area contributed by atoms with E-state index in [-0.39, 0.29) is 0 Å². The van der Waals surface area contributed by atoms with E-state index in [0.717, 1.165) is 27.5 Å². The van der Waals surface area contributed by atoms with Crippen molar-refractivity contribution < 1.29 is 4.42 Å². The molecular weight excluding hydrogens is 641 g/mol. The van der Waals surface area contributed by atoms with Crippen LogP contribution in [-0.2, 0) is 0 Å². The first-order chi connectivity index (χ1) is 26.3. The molecule has 0 unspecified atom stereocenters.